The SMILES string of the molecule is CI.COc1ccc2[nH]c(=O)n(CCCO)c(=O)c2c1Cc1ccc(F)cc1.COc1ccc2c(c1Cc1ccc(F)cc1)c(=O)n(CCCO)c(=O)n2C. The molecule has 0 radical (unpaired) electrons. The van der Waals surface area contributed by atoms with Crippen LogP contribution in [0.2, 0.25) is 0 Å². The molecular formula is C40H43F2IN4O8. The highest BCUT2D eigenvalue weighted by Gasteiger charge is 2.19. The van der Waals surface area contributed by atoms with Crippen molar-refractivity contribution in [2.45, 2.75) is 38.8 Å². The van der Waals surface area contributed by atoms with Gasteiger partial charge >= 0.3 is 11.4 Å². The van der Waals surface area contributed by atoms with Crippen molar-refractivity contribution < 1.29 is 28.5 Å². The standard InChI is InChI=1S/C20H21FN2O4.C19H19FN2O4.CH3I/c1-22-16-8-9-17(27-2)15(12-13-4-6-14(21)7-5-13)18(16)19(25)23(20(22)26)10-3-11-24;1-26-16-8-7-15-17(14(16)11-12-3-5-13(20)6-4-12)18(24)22(9-2-10-23)19(25)21-15;1-2/h4-9,24H,3,10-12H2,1-2H3;3-8,23H,2,9-11H2,1H3,(H,21,25);1H3. The molecule has 12 nitrogen and oxygen atoms in total. The average molecular weight is 873 g/mol. The number of H-pyrrole nitrogens is 1. The van der Waals surface area contributed by atoms with E-state index in [0.29, 0.717) is 70.1 Å². The Bertz CT molecular complexity index is 2480. The summed E-state index contributed by atoms with van der Waals surface area (Å²) in [5.41, 5.74) is 2.00. The molecule has 2 aromatic heterocycles. The minimum atomic E-state index is -0.520. The molecule has 0 aliphatic carbocycles. The average Bonchev–Trinajstić information content (AvgIpc) is 3.19. The second-order valence-electron chi connectivity index (χ2n) is 12.3. The van der Waals surface area contributed by atoms with Gasteiger partial charge in [-0.2, -0.15) is 0 Å². The number of nitrogens with one attached hydrogen (secondary N) is 1. The highest BCUT2D eigenvalue weighted by atomic mass is 127. The van der Waals surface area contributed by atoms with Gasteiger partial charge in [-0.25, -0.2) is 18.4 Å². The van der Waals surface area contributed by atoms with Crippen molar-refractivity contribution in [1.29, 1.82) is 0 Å². The molecule has 0 amide bonds. The second kappa shape index (κ2) is 20.0. The molecule has 4 aromatic carbocycles. The number of hydrogen-bond acceptors (Lipinski definition) is 8. The van der Waals surface area contributed by atoms with Crippen molar-refractivity contribution in [3.63, 3.8) is 0 Å². The first kappa shape index (κ1) is 42.6. The molecule has 0 saturated carbocycles. The van der Waals surface area contributed by atoms with E-state index in [0.717, 1.165) is 20.3 Å². The van der Waals surface area contributed by atoms with E-state index in [1.54, 1.807) is 55.6 Å². The summed E-state index contributed by atoms with van der Waals surface area (Å²) in [6, 6.07) is 18.7. The first-order valence-corrected chi connectivity index (χ1v) is 19.4. The lowest BCUT2D eigenvalue weighted by atomic mass is 9.99. The van der Waals surface area contributed by atoms with Crippen LogP contribution in [0.3, 0.4) is 0 Å². The normalized spacial score (nSPS) is 10.8. The van der Waals surface area contributed by atoms with Gasteiger partial charge < -0.3 is 24.7 Å². The Morgan fingerprint density at radius 3 is 1.60 bits per heavy atom. The first-order chi connectivity index (χ1) is 26.5. The van der Waals surface area contributed by atoms with Gasteiger partial charge in [0.1, 0.15) is 23.1 Å². The predicted octanol–water partition coefficient (Wildman–Crippen LogP) is 4.68. The minimum Gasteiger partial charge on any atom is -0.496 e. The van der Waals surface area contributed by atoms with Gasteiger partial charge in [0.05, 0.1) is 36.0 Å². The number of aromatic amines is 1. The molecule has 3 N–H and O–H groups in total. The summed E-state index contributed by atoms with van der Waals surface area (Å²) >= 11 is 2.15. The third kappa shape index (κ3) is 9.76. The van der Waals surface area contributed by atoms with Crippen LogP contribution >= 0.6 is 22.6 Å². The van der Waals surface area contributed by atoms with Crippen LogP contribution < -0.4 is 32.0 Å². The van der Waals surface area contributed by atoms with Crippen molar-refractivity contribution in [1.82, 2.24) is 18.7 Å². The Morgan fingerprint density at radius 2 is 1.11 bits per heavy atom. The van der Waals surface area contributed by atoms with Gasteiger partial charge in [-0.05, 0) is 77.4 Å². The van der Waals surface area contributed by atoms with Crippen molar-refractivity contribution in [3.05, 3.63) is 148 Å². The lowest BCUT2D eigenvalue weighted by Crippen LogP contribution is -2.39. The van der Waals surface area contributed by atoms with E-state index in [1.165, 1.54) is 43.1 Å². The third-order valence-corrected chi connectivity index (χ3v) is 8.91. The molecule has 0 fully saturated rings. The number of alkyl halides is 1. The fourth-order valence-electron chi connectivity index (χ4n) is 6.23. The number of aromatic nitrogens is 4. The molecule has 0 bridgehead atoms. The minimum absolute atomic E-state index is 0.117. The van der Waals surface area contributed by atoms with E-state index in [4.69, 9.17) is 19.7 Å². The molecular weight excluding hydrogens is 829 g/mol. The Labute approximate surface area is 328 Å². The first-order valence-electron chi connectivity index (χ1n) is 17.2. The molecule has 0 saturated heterocycles. The lowest BCUT2D eigenvalue weighted by molar-refractivity contribution is 0.277. The lowest BCUT2D eigenvalue weighted by Gasteiger charge is -2.16. The molecule has 292 valence electrons. The van der Waals surface area contributed by atoms with Crippen LogP contribution in [0.15, 0.2) is 92.0 Å². The number of nitrogens with zero attached hydrogens (tertiary/aromatic N) is 3. The van der Waals surface area contributed by atoms with Gasteiger partial charge in [0.25, 0.3) is 11.1 Å². The highest BCUT2D eigenvalue weighted by molar-refractivity contribution is 14.1. The van der Waals surface area contributed by atoms with Crippen molar-refractivity contribution in [2.75, 3.05) is 32.4 Å². The van der Waals surface area contributed by atoms with E-state index in [2.05, 4.69) is 27.6 Å². The number of methoxy groups -OCH3 is 2. The van der Waals surface area contributed by atoms with Gasteiger partial charge in [0.2, 0.25) is 0 Å². The Hall–Kier alpha value is -5.13. The van der Waals surface area contributed by atoms with Crippen LogP contribution in [-0.2, 0) is 33.0 Å². The number of hydrogen-bond donors (Lipinski definition) is 3. The number of aliphatic hydroxyl groups excluding tert-OH is 2. The number of fused-ring (bicyclic) bond motifs is 2. The predicted molar refractivity (Wildman–Crippen MR) is 217 cm³/mol. The van der Waals surface area contributed by atoms with E-state index >= 15 is 0 Å². The number of halogens is 3. The highest BCUT2D eigenvalue weighted by Crippen LogP contribution is 2.29. The smallest absolute Gasteiger partial charge is 0.331 e. The van der Waals surface area contributed by atoms with E-state index in [1.807, 2.05) is 4.93 Å². The molecule has 0 aliphatic rings. The second-order valence-corrected chi connectivity index (χ2v) is 12.3. The number of aliphatic hydroxyl groups is 2. The largest absolute Gasteiger partial charge is 0.496 e. The molecule has 6 aromatic rings. The maximum absolute atomic E-state index is 13.2. The van der Waals surface area contributed by atoms with Crippen LogP contribution in [0.5, 0.6) is 11.5 Å². The van der Waals surface area contributed by atoms with E-state index < -0.39 is 22.5 Å². The molecule has 0 aliphatic heterocycles. The van der Waals surface area contributed by atoms with Crippen LogP contribution in [0.1, 0.15) is 35.1 Å². The van der Waals surface area contributed by atoms with Gasteiger partial charge in [-0.1, -0.05) is 46.9 Å². The van der Waals surface area contributed by atoms with Crippen molar-refractivity contribution in [3.8, 4) is 11.5 Å². The topological polar surface area (TPSA) is 158 Å². The molecule has 0 spiro atoms. The fraction of sp³-hybridized carbons (Fsp3) is 0.300. The zero-order valence-electron chi connectivity index (χ0n) is 30.9. The zero-order chi connectivity index (χ0) is 40.2. The summed E-state index contributed by atoms with van der Waals surface area (Å²) in [5.74, 6) is 0.364. The quantitative estimate of drug-likeness (QED) is 0.118. The van der Waals surface area contributed by atoms with Crippen molar-refractivity contribution >= 4 is 44.4 Å². The van der Waals surface area contributed by atoms with Gasteiger partial charge in [0, 0.05) is 57.3 Å². The summed E-state index contributed by atoms with van der Waals surface area (Å²) in [6.45, 7) is 0.0115. The van der Waals surface area contributed by atoms with E-state index in [9.17, 15) is 28.0 Å². The number of rotatable bonds is 12. The molecule has 15 heteroatoms. The maximum Gasteiger partial charge on any atom is 0.331 e. The summed E-state index contributed by atoms with van der Waals surface area (Å²) in [5, 5.41) is 18.8. The molecule has 55 heavy (non-hydrogen) atoms. The molecule has 2 heterocycles. The fourth-order valence-corrected chi connectivity index (χ4v) is 6.23. The van der Waals surface area contributed by atoms with Crippen LogP contribution in [0.25, 0.3) is 21.8 Å². The Balaban J connectivity index is 0.000000234. The van der Waals surface area contributed by atoms with Gasteiger partial charge in [0.15, 0.2) is 0 Å². The molecule has 0 atom stereocenters. The maximum atomic E-state index is 13.2. The van der Waals surface area contributed by atoms with Crippen LogP contribution in [0.4, 0.5) is 8.78 Å². The van der Waals surface area contributed by atoms with Gasteiger partial charge in [-0.3, -0.25) is 23.3 Å². The number of aryl methyl sites for hydroxylation is 1. The van der Waals surface area contributed by atoms with E-state index in [-0.39, 0.29) is 37.9 Å². The summed E-state index contributed by atoms with van der Waals surface area (Å²) < 4.78 is 40.9. The third-order valence-electron chi connectivity index (χ3n) is 8.91. The summed E-state index contributed by atoms with van der Waals surface area (Å²) in [4.78, 5) is 55.4. The number of ether oxygens (including phenoxy) is 2. The summed E-state index contributed by atoms with van der Waals surface area (Å²) in [6.07, 6.45) is 1.31. The summed E-state index contributed by atoms with van der Waals surface area (Å²) in [7, 11) is 4.63. The zero-order valence-corrected chi connectivity index (χ0v) is 33.1. The van der Waals surface area contributed by atoms with Gasteiger partial charge in [-0.15, -0.1) is 0 Å². The molecule has 0 unspecified atom stereocenters. The Morgan fingerprint density at radius 1 is 0.655 bits per heavy atom. The molecule has 6 rings (SSSR count). The Kier molecular flexibility index (Phi) is 15.5. The van der Waals surface area contributed by atoms with Crippen molar-refractivity contribution in [2.24, 2.45) is 7.05 Å². The number of benzene rings is 4. The van der Waals surface area contributed by atoms with Crippen LogP contribution in [0, 0.1) is 11.6 Å². The van der Waals surface area contributed by atoms with Crippen LogP contribution in [-0.4, -0.2) is 61.3 Å². The monoisotopic (exact) mass is 872 g/mol.